The van der Waals surface area contributed by atoms with Gasteiger partial charge in [0, 0.05) is 32.4 Å². The van der Waals surface area contributed by atoms with Crippen LogP contribution in [-0.2, 0) is 13.0 Å². The summed E-state index contributed by atoms with van der Waals surface area (Å²) in [6.45, 7) is 6.02. The number of likely N-dealkylation sites (tertiary alicyclic amines) is 1. The van der Waals surface area contributed by atoms with Gasteiger partial charge in [-0.15, -0.1) is 0 Å². The molecule has 0 unspecified atom stereocenters. The summed E-state index contributed by atoms with van der Waals surface area (Å²) in [5.74, 6) is 0.0841. The second kappa shape index (κ2) is 8.99. The molecular formula is C21H30N4O. The number of benzene rings is 1. The van der Waals surface area contributed by atoms with Crippen LogP contribution in [-0.4, -0.2) is 58.2 Å². The Morgan fingerprint density at radius 2 is 2.12 bits per heavy atom. The van der Waals surface area contributed by atoms with Crippen molar-refractivity contribution in [1.82, 2.24) is 19.6 Å². The van der Waals surface area contributed by atoms with Gasteiger partial charge in [0.15, 0.2) is 0 Å². The molecule has 2 heterocycles. The quantitative estimate of drug-likeness (QED) is 0.767. The van der Waals surface area contributed by atoms with Gasteiger partial charge in [0.05, 0.1) is 11.8 Å². The number of likely N-dealkylation sites (N-methyl/N-ethyl adjacent to an activating group) is 1. The van der Waals surface area contributed by atoms with E-state index < -0.39 is 0 Å². The number of carbonyl (C=O) groups excluding carboxylic acids is 1. The zero-order chi connectivity index (χ0) is 18.4. The van der Waals surface area contributed by atoms with Crippen molar-refractivity contribution in [2.75, 3.05) is 26.7 Å². The van der Waals surface area contributed by atoms with Crippen LogP contribution in [0.1, 0.15) is 42.1 Å². The fourth-order valence-corrected chi connectivity index (χ4v) is 3.72. The normalized spacial score (nSPS) is 18.0. The lowest BCUT2D eigenvalue weighted by atomic mass is 10.0. The molecule has 2 aromatic rings. The topological polar surface area (TPSA) is 41.4 Å². The number of aryl methyl sites for hydroxylation is 2. The third-order valence-electron chi connectivity index (χ3n) is 5.34. The van der Waals surface area contributed by atoms with Gasteiger partial charge in [-0.2, -0.15) is 5.10 Å². The zero-order valence-corrected chi connectivity index (χ0v) is 16.0. The maximum Gasteiger partial charge on any atom is 0.257 e. The molecule has 140 valence electrons. The van der Waals surface area contributed by atoms with Crippen molar-refractivity contribution in [3.63, 3.8) is 0 Å². The van der Waals surface area contributed by atoms with Gasteiger partial charge in [-0.05, 0) is 51.3 Å². The number of rotatable bonds is 7. The third kappa shape index (κ3) is 4.73. The van der Waals surface area contributed by atoms with Crippen LogP contribution in [0.2, 0.25) is 0 Å². The van der Waals surface area contributed by atoms with Gasteiger partial charge < -0.3 is 9.80 Å². The van der Waals surface area contributed by atoms with Gasteiger partial charge >= 0.3 is 0 Å². The molecule has 1 atom stereocenters. The van der Waals surface area contributed by atoms with E-state index in [1.807, 2.05) is 25.1 Å². The molecule has 0 N–H and O–H groups in total. The minimum atomic E-state index is 0.0841. The lowest BCUT2D eigenvalue weighted by Crippen LogP contribution is -2.48. The van der Waals surface area contributed by atoms with E-state index in [-0.39, 0.29) is 11.9 Å². The van der Waals surface area contributed by atoms with Gasteiger partial charge in [0.2, 0.25) is 0 Å². The molecule has 1 aromatic heterocycles. The van der Waals surface area contributed by atoms with E-state index in [2.05, 4.69) is 40.3 Å². The minimum Gasteiger partial charge on any atom is -0.337 e. The highest BCUT2D eigenvalue weighted by molar-refractivity contribution is 5.93. The summed E-state index contributed by atoms with van der Waals surface area (Å²) in [6.07, 6.45) is 8.05. The van der Waals surface area contributed by atoms with Crippen molar-refractivity contribution in [3.8, 4) is 0 Å². The number of piperidine rings is 1. The Morgan fingerprint density at radius 1 is 1.31 bits per heavy atom. The number of aromatic nitrogens is 2. The average Bonchev–Trinajstić information content (AvgIpc) is 3.17. The monoisotopic (exact) mass is 354 g/mol. The van der Waals surface area contributed by atoms with E-state index >= 15 is 0 Å². The molecule has 1 aromatic carbocycles. The van der Waals surface area contributed by atoms with Crippen LogP contribution in [0.15, 0.2) is 42.7 Å². The number of nitrogens with zero attached hydrogens (tertiary/aromatic N) is 4. The van der Waals surface area contributed by atoms with E-state index in [0.29, 0.717) is 5.56 Å². The molecule has 5 nitrogen and oxygen atoms in total. The summed E-state index contributed by atoms with van der Waals surface area (Å²) >= 11 is 0. The lowest BCUT2D eigenvalue weighted by molar-refractivity contribution is 0.0617. The number of carbonyl (C=O) groups is 1. The highest BCUT2D eigenvalue weighted by Crippen LogP contribution is 2.17. The number of amides is 1. The summed E-state index contributed by atoms with van der Waals surface area (Å²) in [7, 11) is 1.93. The van der Waals surface area contributed by atoms with Gasteiger partial charge in [0.25, 0.3) is 5.91 Å². The Kier molecular flexibility index (Phi) is 6.45. The van der Waals surface area contributed by atoms with Crippen LogP contribution in [0.3, 0.4) is 0 Å². The first-order valence-electron chi connectivity index (χ1n) is 9.73. The molecule has 1 aliphatic rings. The van der Waals surface area contributed by atoms with E-state index in [1.165, 1.54) is 5.56 Å². The standard InChI is InChI=1S/C21H30N4O/c1-3-25-16-19(15-22-25)21(26)23(2)20-12-8-14-24(17-20)13-7-11-18-9-5-4-6-10-18/h4-6,9-10,15-16,20H,3,7-8,11-14,17H2,1-2H3/t20-/m1/s1. The van der Waals surface area contributed by atoms with E-state index in [9.17, 15) is 4.79 Å². The van der Waals surface area contributed by atoms with Gasteiger partial charge in [0.1, 0.15) is 0 Å². The summed E-state index contributed by atoms with van der Waals surface area (Å²) < 4.78 is 1.80. The first-order valence-corrected chi connectivity index (χ1v) is 9.73. The molecule has 26 heavy (non-hydrogen) atoms. The SMILES string of the molecule is CCn1cc(C(=O)N(C)[C@@H]2CCCN(CCCc3ccccc3)C2)cn1. The van der Waals surface area contributed by atoms with Crippen LogP contribution in [0, 0.1) is 0 Å². The summed E-state index contributed by atoms with van der Waals surface area (Å²) in [5, 5.41) is 4.23. The molecule has 1 saturated heterocycles. The van der Waals surface area contributed by atoms with Gasteiger partial charge in [-0.25, -0.2) is 0 Å². The fourth-order valence-electron chi connectivity index (χ4n) is 3.72. The van der Waals surface area contributed by atoms with E-state index in [4.69, 9.17) is 0 Å². The fraction of sp³-hybridized carbons (Fsp3) is 0.524. The van der Waals surface area contributed by atoms with E-state index in [1.54, 1.807) is 10.9 Å². The van der Waals surface area contributed by atoms with Crippen LogP contribution in [0.25, 0.3) is 0 Å². The van der Waals surface area contributed by atoms with Crippen molar-refractivity contribution in [2.24, 2.45) is 0 Å². The van der Waals surface area contributed by atoms with Crippen LogP contribution < -0.4 is 0 Å². The molecule has 1 fully saturated rings. The molecule has 0 aliphatic carbocycles. The van der Waals surface area contributed by atoms with Crippen molar-refractivity contribution in [3.05, 3.63) is 53.9 Å². The first-order chi connectivity index (χ1) is 12.7. The Hall–Kier alpha value is -2.14. The first kappa shape index (κ1) is 18.6. The highest BCUT2D eigenvalue weighted by atomic mass is 16.2. The van der Waals surface area contributed by atoms with E-state index in [0.717, 1.165) is 51.9 Å². The summed E-state index contributed by atoms with van der Waals surface area (Å²) in [6, 6.07) is 11.0. The Morgan fingerprint density at radius 3 is 2.85 bits per heavy atom. The van der Waals surface area contributed by atoms with Gasteiger partial charge in [-0.1, -0.05) is 30.3 Å². The Bertz CT molecular complexity index is 697. The maximum absolute atomic E-state index is 12.7. The molecule has 0 bridgehead atoms. The second-order valence-electron chi connectivity index (χ2n) is 7.19. The molecule has 1 aliphatic heterocycles. The molecule has 0 spiro atoms. The average molecular weight is 354 g/mol. The molecule has 5 heteroatoms. The molecule has 0 radical (unpaired) electrons. The Labute approximate surface area is 156 Å². The highest BCUT2D eigenvalue weighted by Gasteiger charge is 2.27. The summed E-state index contributed by atoms with van der Waals surface area (Å²) in [4.78, 5) is 17.2. The maximum atomic E-state index is 12.7. The smallest absolute Gasteiger partial charge is 0.257 e. The predicted octanol–water partition coefficient (Wildman–Crippen LogP) is 3.07. The zero-order valence-electron chi connectivity index (χ0n) is 16.0. The van der Waals surface area contributed by atoms with Crippen LogP contribution in [0.5, 0.6) is 0 Å². The van der Waals surface area contributed by atoms with Crippen molar-refractivity contribution < 1.29 is 4.79 Å². The number of hydrogen-bond donors (Lipinski definition) is 0. The molecule has 3 rings (SSSR count). The minimum absolute atomic E-state index is 0.0841. The van der Waals surface area contributed by atoms with Crippen molar-refractivity contribution >= 4 is 5.91 Å². The second-order valence-corrected chi connectivity index (χ2v) is 7.19. The van der Waals surface area contributed by atoms with Crippen LogP contribution >= 0.6 is 0 Å². The van der Waals surface area contributed by atoms with Crippen molar-refractivity contribution in [1.29, 1.82) is 0 Å². The van der Waals surface area contributed by atoms with Crippen molar-refractivity contribution in [2.45, 2.75) is 45.2 Å². The third-order valence-corrected chi connectivity index (χ3v) is 5.34. The summed E-state index contributed by atoms with van der Waals surface area (Å²) in [5.41, 5.74) is 2.09. The van der Waals surface area contributed by atoms with Crippen LogP contribution in [0.4, 0.5) is 0 Å². The largest absolute Gasteiger partial charge is 0.337 e. The lowest BCUT2D eigenvalue weighted by Gasteiger charge is -2.37. The molecule has 1 amide bonds. The number of hydrogen-bond acceptors (Lipinski definition) is 3. The molecule has 0 saturated carbocycles. The van der Waals surface area contributed by atoms with Gasteiger partial charge in [-0.3, -0.25) is 9.48 Å². The predicted molar refractivity (Wildman–Crippen MR) is 104 cm³/mol. The molecular weight excluding hydrogens is 324 g/mol. The Balaban J connectivity index is 1.49.